The van der Waals surface area contributed by atoms with E-state index in [1.165, 1.54) is 48.7 Å². The van der Waals surface area contributed by atoms with Crippen molar-refractivity contribution in [2.45, 2.75) is 69.6 Å². The molecule has 0 radical (unpaired) electrons. The second-order valence-electron chi connectivity index (χ2n) is 6.83. The van der Waals surface area contributed by atoms with Crippen molar-refractivity contribution in [3.8, 4) is 0 Å². The smallest absolute Gasteiger partial charge is 0.230 e. The third-order valence-electron chi connectivity index (χ3n) is 4.37. The number of thiophene rings is 1. The summed E-state index contributed by atoms with van der Waals surface area (Å²) in [6.45, 7) is 3.96. The first-order chi connectivity index (χ1) is 12.1. The molecule has 1 aliphatic carbocycles. The lowest BCUT2D eigenvalue weighted by Gasteiger charge is -2.25. The molecule has 1 fully saturated rings. The van der Waals surface area contributed by atoms with Crippen molar-refractivity contribution in [3.63, 3.8) is 0 Å². The van der Waals surface area contributed by atoms with Gasteiger partial charge in [0.15, 0.2) is 5.16 Å². The van der Waals surface area contributed by atoms with E-state index in [0.29, 0.717) is 11.8 Å². The lowest BCUT2D eigenvalue weighted by Crippen LogP contribution is -2.31. The topological polar surface area (TPSA) is 59.8 Å². The van der Waals surface area contributed by atoms with Crippen LogP contribution < -0.4 is 5.32 Å². The highest BCUT2D eigenvalue weighted by atomic mass is 32.2. The van der Waals surface area contributed by atoms with Crippen molar-refractivity contribution in [1.29, 1.82) is 0 Å². The first-order valence-corrected chi connectivity index (χ1v) is 10.9. The predicted molar refractivity (Wildman–Crippen MR) is 103 cm³/mol. The molecule has 0 unspecified atom stereocenters. The zero-order valence-corrected chi connectivity index (χ0v) is 16.5. The number of hydrogen-bond acceptors (Lipinski definition) is 5. The number of nitrogens with zero attached hydrogens (tertiary/aromatic N) is 3. The number of rotatable bonds is 7. The molecule has 0 aromatic carbocycles. The molecule has 136 valence electrons. The second kappa shape index (κ2) is 8.85. The van der Waals surface area contributed by atoms with Crippen LogP contribution >= 0.6 is 23.1 Å². The monoisotopic (exact) mass is 378 g/mol. The van der Waals surface area contributed by atoms with E-state index in [2.05, 4.69) is 37.6 Å². The lowest BCUT2D eigenvalue weighted by atomic mass is 9.95. The van der Waals surface area contributed by atoms with Gasteiger partial charge in [0.1, 0.15) is 5.82 Å². The van der Waals surface area contributed by atoms with Crippen LogP contribution in [0.1, 0.15) is 62.7 Å². The van der Waals surface area contributed by atoms with E-state index in [-0.39, 0.29) is 11.9 Å². The molecule has 25 heavy (non-hydrogen) atoms. The number of amides is 1. The molecule has 1 amide bonds. The number of carbonyl (C=O) groups is 1. The van der Waals surface area contributed by atoms with Crippen LogP contribution in [0, 0.1) is 0 Å². The maximum atomic E-state index is 12.0. The molecule has 5 nitrogen and oxygen atoms in total. The van der Waals surface area contributed by atoms with Crippen LogP contribution in [-0.4, -0.2) is 32.5 Å². The van der Waals surface area contributed by atoms with Gasteiger partial charge < -0.3 is 9.88 Å². The van der Waals surface area contributed by atoms with Crippen LogP contribution in [0.25, 0.3) is 0 Å². The molecule has 1 N–H and O–H groups in total. The largest absolute Gasteiger partial charge is 0.353 e. The van der Waals surface area contributed by atoms with E-state index in [9.17, 15) is 4.79 Å². The quantitative estimate of drug-likeness (QED) is 0.738. The van der Waals surface area contributed by atoms with Gasteiger partial charge in [-0.3, -0.25) is 4.79 Å². The van der Waals surface area contributed by atoms with Gasteiger partial charge in [-0.15, -0.1) is 21.5 Å². The summed E-state index contributed by atoms with van der Waals surface area (Å²) in [6, 6.07) is 4.86. The molecular formula is C18H26N4OS2. The molecule has 3 rings (SSSR count). The summed E-state index contributed by atoms with van der Waals surface area (Å²) in [5.74, 6) is 1.47. The predicted octanol–water partition coefficient (Wildman–Crippen LogP) is 4.05. The highest BCUT2D eigenvalue weighted by Crippen LogP contribution is 2.33. The Kier molecular flexibility index (Phi) is 6.53. The van der Waals surface area contributed by atoms with Gasteiger partial charge in [-0.2, -0.15) is 0 Å². The molecule has 1 saturated carbocycles. The SMILES string of the molecule is CC(C)NC(=O)CSc1nnc(Cc2cccs2)n1C1CCCCC1. The van der Waals surface area contributed by atoms with Gasteiger partial charge in [0, 0.05) is 23.4 Å². The van der Waals surface area contributed by atoms with Gasteiger partial charge in [0.25, 0.3) is 0 Å². The Labute approximate surface area is 157 Å². The average molecular weight is 379 g/mol. The molecule has 0 atom stereocenters. The van der Waals surface area contributed by atoms with Gasteiger partial charge >= 0.3 is 0 Å². The zero-order valence-electron chi connectivity index (χ0n) is 14.9. The fourth-order valence-electron chi connectivity index (χ4n) is 3.30. The number of aromatic nitrogens is 3. The average Bonchev–Trinajstić information content (AvgIpc) is 3.23. The number of hydrogen-bond donors (Lipinski definition) is 1. The molecule has 7 heteroatoms. The molecule has 0 bridgehead atoms. The summed E-state index contributed by atoms with van der Waals surface area (Å²) >= 11 is 3.26. The Morgan fingerprint density at radius 1 is 1.36 bits per heavy atom. The van der Waals surface area contributed by atoms with E-state index in [1.807, 2.05) is 13.8 Å². The van der Waals surface area contributed by atoms with E-state index in [4.69, 9.17) is 0 Å². The molecule has 0 aliphatic heterocycles. The Morgan fingerprint density at radius 3 is 2.84 bits per heavy atom. The molecule has 2 aromatic heterocycles. The first-order valence-electron chi connectivity index (χ1n) is 9.02. The van der Waals surface area contributed by atoms with Crippen molar-refractivity contribution >= 4 is 29.0 Å². The third-order valence-corrected chi connectivity index (χ3v) is 6.19. The van der Waals surface area contributed by atoms with Crippen molar-refractivity contribution in [2.24, 2.45) is 0 Å². The zero-order chi connectivity index (χ0) is 17.6. The summed E-state index contributed by atoms with van der Waals surface area (Å²) in [4.78, 5) is 13.3. The summed E-state index contributed by atoms with van der Waals surface area (Å²) < 4.78 is 2.31. The molecule has 2 heterocycles. The number of carbonyl (C=O) groups excluding carboxylic acids is 1. The van der Waals surface area contributed by atoms with E-state index in [1.54, 1.807) is 11.3 Å². The number of nitrogens with one attached hydrogen (secondary N) is 1. The first kappa shape index (κ1) is 18.5. The normalized spacial score (nSPS) is 15.6. The van der Waals surface area contributed by atoms with Gasteiger partial charge in [-0.1, -0.05) is 37.1 Å². The van der Waals surface area contributed by atoms with Crippen molar-refractivity contribution in [3.05, 3.63) is 28.2 Å². The minimum atomic E-state index is 0.0537. The molecule has 0 saturated heterocycles. The minimum Gasteiger partial charge on any atom is -0.353 e. The number of thioether (sulfide) groups is 1. The Morgan fingerprint density at radius 2 is 2.16 bits per heavy atom. The molecule has 2 aromatic rings. The Balaban J connectivity index is 1.76. The van der Waals surface area contributed by atoms with Gasteiger partial charge in [-0.25, -0.2) is 0 Å². The van der Waals surface area contributed by atoms with Crippen LogP contribution in [-0.2, 0) is 11.2 Å². The summed E-state index contributed by atoms with van der Waals surface area (Å²) in [5.41, 5.74) is 0. The van der Waals surface area contributed by atoms with E-state index in [0.717, 1.165) is 17.4 Å². The lowest BCUT2D eigenvalue weighted by molar-refractivity contribution is -0.119. The highest BCUT2D eigenvalue weighted by Gasteiger charge is 2.23. The Hall–Kier alpha value is -1.34. The fourth-order valence-corrected chi connectivity index (χ4v) is 4.83. The molecular weight excluding hydrogens is 352 g/mol. The molecule has 0 spiro atoms. The van der Waals surface area contributed by atoms with Gasteiger partial charge in [0.2, 0.25) is 5.91 Å². The van der Waals surface area contributed by atoms with Crippen molar-refractivity contribution < 1.29 is 4.79 Å². The van der Waals surface area contributed by atoms with Crippen LogP contribution in [0.4, 0.5) is 0 Å². The Bertz CT molecular complexity index is 675. The second-order valence-corrected chi connectivity index (χ2v) is 8.80. The van der Waals surface area contributed by atoms with Crippen LogP contribution in [0.3, 0.4) is 0 Å². The van der Waals surface area contributed by atoms with Crippen molar-refractivity contribution in [1.82, 2.24) is 20.1 Å². The van der Waals surface area contributed by atoms with E-state index < -0.39 is 0 Å². The van der Waals surface area contributed by atoms with Crippen LogP contribution in [0.5, 0.6) is 0 Å². The summed E-state index contributed by atoms with van der Waals surface area (Å²) in [6.07, 6.45) is 7.03. The van der Waals surface area contributed by atoms with E-state index >= 15 is 0 Å². The maximum Gasteiger partial charge on any atom is 0.230 e. The summed E-state index contributed by atoms with van der Waals surface area (Å²) in [5, 5.41) is 14.8. The maximum absolute atomic E-state index is 12.0. The van der Waals surface area contributed by atoms with Crippen LogP contribution in [0.2, 0.25) is 0 Å². The van der Waals surface area contributed by atoms with Crippen LogP contribution in [0.15, 0.2) is 22.7 Å². The standard InChI is InChI=1S/C18H26N4OS2/c1-13(2)19-17(23)12-25-18-21-20-16(11-15-9-6-10-24-15)22(18)14-7-4-3-5-8-14/h6,9-10,13-14H,3-5,7-8,11-12H2,1-2H3,(H,19,23). The summed E-state index contributed by atoms with van der Waals surface area (Å²) in [7, 11) is 0. The van der Waals surface area contributed by atoms with Crippen molar-refractivity contribution in [2.75, 3.05) is 5.75 Å². The third kappa shape index (κ3) is 5.07. The van der Waals surface area contributed by atoms with Gasteiger partial charge in [0.05, 0.1) is 5.75 Å². The fraction of sp³-hybridized carbons (Fsp3) is 0.611. The molecule has 1 aliphatic rings. The highest BCUT2D eigenvalue weighted by molar-refractivity contribution is 7.99. The minimum absolute atomic E-state index is 0.0537. The van der Waals surface area contributed by atoms with Gasteiger partial charge in [-0.05, 0) is 38.1 Å².